The van der Waals surface area contributed by atoms with Crippen molar-refractivity contribution in [2.75, 3.05) is 45.7 Å². The predicted molar refractivity (Wildman–Crippen MR) is 101 cm³/mol. The molecule has 1 aromatic carbocycles. The summed E-state index contributed by atoms with van der Waals surface area (Å²) >= 11 is 0. The Bertz CT molecular complexity index is 569. The summed E-state index contributed by atoms with van der Waals surface area (Å²) in [6.07, 6.45) is 1.56. The number of guanidine groups is 1. The molecule has 1 aromatic rings. The highest BCUT2D eigenvalue weighted by molar-refractivity contribution is 5.92. The lowest BCUT2D eigenvalue weighted by Gasteiger charge is -2.35. The third kappa shape index (κ3) is 6.10. The number of methoxy groups -OCH3 is 2. The van der Waals surface area contributed by atoms with Crippen LogP contribution in [0.4, 0.5) is 5.69 Å². The lowest BCUT2D eigenvalue weighted by Crippen LogP contribution is -2.45. The fourth-order valence-corrected chi connectivity index (χ4v) is 3.06. The first-order valence-corrected chi connectivity index (χ1v) is 8.68. The van der Waals surface area contributed by atoms with Gasteiger partial charge in [-0.3, -0.25) is 9.89 Å². The van der Waals surface area contributed by atoms with Gasteiger partial charge in [0.05, 0.1) is 26.4 Å². The summed E-state index contributed by atoms with van der Waals surface area (Å²) in [5.74, 6) is 1.73. The smallest absolute Gasteiger partial charge is 0.193 e. The highest BCUT2D eigenvalue weighted by Gasteiger charge is 2.21. The van der Waals surface area contributed by atoms with Gasteiger partial charge in [-0.1, -0.05) is 0 Å². The van der Waals surface area contributed by atoms with E-state index >= 15 is 0 Å². The summed E-state index contributed by atoms with van der Waals surface area (Å²) < 4.78 is 16.2. The summed E-state index contributed by atoms with van der Waals surface area (Å²) in [4.78, 5) is 6.82. The van der Waals surface area contributed by atoms with Crippen LogP contribution in [0.25, 0.3) is 0 Å². The van der Waals surface area contributed by atoms with Crippen LogP contribution in [-0.2, 0) is 4.74 Å². The number of nitrogens with two attached hydrogens (primary N) is 1. The molecule has 0 radical (unpaired) electrons. The van der Waals surface area contributed by atoms with Crippen molar-refractivity contribution in [2.24, 2.45) is 10.7 Å². The van der Waals surface area contributed by atoms with E-state index in [0.29, 0.717) is 36.2 Å². The SMILES string of the molecule is COc1ccc(NC(N)=NCCCN2CC(C)OC(C)C2)cc1OC. The minimum absolute atomic E-state index is 0.295. The maximum absolute atomic E-state index is 5.96. The Morgan fingerprint density at radius 2 is 1.92 bits per heavy atom. The summed E-state index contributed by atoms with van der Waals surface area (Å²) in [5.41, 5.74) is 6.78. The highest BCUT2D eigenvalue weighted by Crippen LogP contribution is 2.29. The van der Waals surface area contributed by atoms with Gasteiger partial charge in [-0.05, 0) is 32.4 Å². The molecule has 0 saturated carbocycles. The van der Waals surface area contributed by atoms with E-state index in [4.69, 9.17) is 19.9 Å². The van der Waals surface area contributed by atoms with Gasteiger partial charge in [0.25, 0.3) is 0 Å². The minimum atomic E-state index is 0.295. The summed E-state index contributed by atoms with van der Waals surface area (Å²) in [6.45, 7) is 7.88. The average Bonchev–Trinajstić information content (AvgIpc) is 2.57. The molecule has 2 atom stereocenters. The van der Waals surface area contributed by atoms with Crippen molar-refractivity contribution in [3.63, 3.8) is 0 Å². The maximum Gasteiger partial charge on any atom is 0.193 e. The van der Waals surface area contributed by atoms with Gasteiger partial charge in [-0.15, -0.1) is 0 Å². The van der Waals surface area contributed by atoms with Gasteiger partial charge < -0.3 is 25.3 Å². The molecule has 140 valence electrons. The quantitative estimate of drug-likeness (QED) is 0.444. The summed E-state index contributed by atoms with van der Waals surface area (Å²) in [6, 6.07) is 5.53. The fourth-order valence-electron chi connectivity index (χ4n) is 3.06. The molecule has 0 bridgehead atoms. The van der Waals surface area contributed by atoms with Crippen LogP contribution in [0.3, 0.4) is 0 Å². The number of nitrogens with zero attached hydrogens (tertiary/aromatic N) is 2. The van der Waals surface area contributed by atoms with E-state index in [1.54, 1.807) is 14.2 Å². The van der Waals surface area contributed by atoms with E-state index < -0.39 is 0 Å². The van der Waals surface area contributed by atoms with Gasteiger partial charge in [-0.25, -0.2) is 0 Å². The largest absolute Gasteiger partial charge is 0.493 e. The molecule has 2 unspecified atom stereocenters. The first kappa shape index (κ1) is 19.3. The summed E-state index contributed by atoms with van der Waals surface area (Å²) in [5, 5.41) is 3.08. The topological polar surface area (TPSA) is 81.3 Å². The van der Waals surface area contributed by atoms with Gasteiger partial charge in [0.15, 0.2) is 17.5 Å². The van der Waals surface area contributed by atoms with E-state index in [2.05, 4.69) is 29.1 Å². The monoisotopic (exact) mass is 350 g/mol. The molecule has 1 aliphatic rings. The molecule has 2 rings (SSSR count). The number of nitrogens with one attached hydrogen (secondary N) is 1. The lowest BCUT2D eigenvalue weighted by molar-refractivity contribution is -0.0679. The molecule has 7 heteroatoms. The van der Waals surface area contributed by atoms with Crippen LogP contribution < -0.4 is 20.5 Å². The molecular weight excluding hydrogens is 320 g/mol. The molecule has 7 nitrogen and oxygen atoms in total. The van der Waals surface area contributed by atoms with Crippen molar-refractivity contribution in [1.82, 2.24) is 4.90 Å². The Morgan fingerprint density at radius 1 is 1.24 bits per heavy atom. The number of morpholine rings is 1. The van der Waals surface area contributed by atoms with Gasteiger partial charge in [-0.2, -0.15) is 0 Å². The molecule has 0 aromatic heterocycles. The maximum atomic E-state index is 5.96. The fraction of sp³-hybridized carbons (Fsp3) is 0.611. The Kier molecular flexibility index (Phi) is 7.33. The van der Waals surface area contributed by atoms with E-state index in [-0.39, 0.29) is 0 Å². The van der Waals surface area contributed by atoms with E-state index in [1.165, 1.54) is 0 Å². The van der Waals surface area contributed by atoms with Crippen LogP contribution in [-0.4, -0.2) is 63.5 Å². The zero-order chi connectivity index (χ0) is 18.2. The number of hydrogen-bond donors (Lipinski definition) is 2. The molecular formula is C18H30N4O3. The van der Waals surface area contributed by atoms with E-state index in [0.717, 1.165) is 31.7 Å². The predicted octanol–water partition coefficient (Wildman–Crippen LogP) is 1.93. The minimum Gasteiger partial charge on any atom is -0.493 e. The Balaban J connectivity index is 1.78. The van der Waals surface area contributed by atoms with Crippen LogP contribution in [0.15, 0.2) is 23.2 Å². The van der Waals surface area contributed by atoms with Gasteiger partial charge >= 0.3 is 0 Å². The molecule has 0 spiro atoms. The molecule has 0 aliphatic carbocycles. The van der Waals surface area contributed by atoms with Crippen molar-refractivity contribution in [3.8, 4) is 11.5 Å². The van der Waals surface area contributed by atoms with Crippen molar-refractivity contribution in [1.29, 1.82) is 0 Å². The van der Waals surface area contributed by atoms with Crippen molar-refractivity contribution in [3.05, 3.63) is 18.2 Å². The van der Waals surface area contributed by atoms with Gasteiger partial charge in [0, 0.05) is 37.9 Å². The molecule has 0 amide bonds. The van der Waals surface area contributed by atoms with Crippen molar-refractivity contribution >= 4 is 11.6 Å². The number of hydrogen-bond acceptors (Lipinski definition) is 5. The van der Waals surface area contributed by atoms with Crippen LogP contribution >= 0.6 is 0 Å². The van der Waals surface area contributed by atoms with Crippen molar-refractivity contribution < 1.29 is 14.2 Å². The lowest BCUT2D eigenvalue weighted by atomic mass is 10.2. The Hall–Kier alpha value is -1.99. The number of rotatable bonds is 7. The van der Waals surface area contributed by atoms with Crippen LogP contribution in [0, 0.1) is 0 Å². The summed E-state index contributed by atoms with van der Waals surface area (Å²) in [7, 11) is 3.21. The average molecular weight is 350 g/mol. The van der Waals surface area contributed by atoms with Gasteiger partial charge in [0.1, 0.15) is 0 Å². The third-order valence-electron chi connectivity index (χ3n) is 4.07. The van der Waals surface area contributed by atoms with Crippen LogP contribution in [0.1, 0.15) is 20.3 Å². The first-order chi connectivity index (χ1) is 12.0. The standard InChI is InChI=1S/C18H30N4O3/c1-13-11-22(12-14(2)25-13)9-5-8-20-18(19)21-15-6-7-16(23-3)17(10-15)24-4/h6-7,10,13-14H,5,8-9,11-12H2,1-4H3,(H3,19,20,21). The van der Waals surface area contributed by atoms with E-state index in [1.807, 2.05) is 18.2 Å². The van der Waals surface area contributed by atoms with Crippen molar-refractivity contribution in [2.45, 2.75) is 32.5 Å². The van der Waals surface area contributed by atoms with Crippen LogP contribution in [0.5, 0.6) is 11.5 Å². The third-order valence-corrected chi connectivity index (χ3v) is 4.07. The number of benzene rings is 1. The molecule has 1 aliphatic heterocycles. The highest BCUT2D eigenvalue weighted by atomic mass is 16.5. The zero-order valence-corrected chi connectivity index (χ0v) is 15.6. The number of anilines is 1. The molecule has 1 saturated heterocycles. The second kappa shape index (κ2) is 9.48. The Labute approximate surface area is 150 Å². The van der Waals surface area contributed by atoms with Gasteiger partial charge in [0.2, 0.25) is 0 Å². The number of ether oxygens (including phenoxy) is 3. The molecule has 25 heavy (non-hydrogen) atoms. The van der Waals surface area contributed by atoms with Crippen LogP contribution in [0.2, 0.25) is 0 Å². The number of aliphatic imine (C=N–C) groups is 1. The Morgan fingerprint density at radius 3 is 2.56 bits per heavy atom. The molecule has 1 heterocycles. The molecule has 3 N–H and O–H groups in total. The molecule has 1 fully saturated rings. The normalized spacial score (nSPS) is 21.8. The van der Waals surface area contributed by atoms with E-state index in [9.17, 15) is 0 Å². The second-order valence-corrected chi connectivity index (χ2v) is 6.33. The first-order valence-electron chi connectivity index (χ1n) is 8.68. The second-order valence-electron chi connectivity index (χ2n) is 6.33. The zero-order valence-electron chi connectivity index (χ0n) is 15.6.